The minimum atomic E-state index is -0.315. The van der Waals surface area contributed by atoms with Gasteiger partial charge in [-0.15, -0.1) is 0 Å². The summed E-state index contributed by atoms with van der Waals surface area (Å²) in [6, 6.07) is 9.69. The van der Waals surface area contributed by atoms with Gasteiger partial charge in [-0.05, 0) is 62.6 Å². The summed E-state index contributed by atoms with van der Waals surface area (Å²) in [4.78, 5) is 0. The van der Waals surface area contributed by atoms with Crippen molar-refractivity contribution in [3.8, 4) is 0 Å². The van der Waals surface area contributed by atoms with E-state index in [1.807, 2.05) is 0 Å². The fraction of sp³-hybridized carbons (Fsp3) is 0.647. The van der Waals surface area contributed by atoms with Crippen LogP contribution in [0.3, 0.4) is 0 Å². The average Bonchev–Trinajstić information content (AvgIpc) is 3.18. The highest BCUT2D eigenvalue weighted by molar-refractivity contribution is 5.24. The van der Waals surface area contributed by atoms with Crippen molar-refractivity contribution in [1.29, 1.82) is 0 Å². The highest BCUT2D eigenvalue weighted by atomic mass is 16.3. The normalized spacial score (nSPS) is 25.2. The van der Waals surface area contributed by atoms with Crippen molar-refractivity contribution in [3.05, 3.63) is 35.4 Å². The fourth-order valence-corrected chi connectivity index (χ4v) is 3.00. The number of hydrogen-bond acceptors (Lipinski definition) is 2. The molecular weight excluding hydrogens is 234 g/mol. The van der Waals surface area contributed by atoms with Crippen LogP contribution in [0.1, 0.15) is 49.7 Å². The zero-order chi connectivity index (χ0) is 13.1. The van der Waals surface area contributed by atoms with Gasteiger partial charge >= 0.3 is 0 Å². The first kappa shape index (κ1) is 13.1. The molecule has 19 heavy (non-hydrogen) atoms. The van der Waals surface area contributed by atoms with Crippen molar-refractivity contribution in [3.63, 3.8) is 0 Å². The van der Waals surface area contributed by atoms with E-state index < -0.39 is 0 Å². The second-order valence-electron chi connectivity index (χ2n) is 6.39. The first-order chi connectivity index (χ1) is 9.23. The maximum Gasteiger partial charge on any atom is 0.0653 e. The molecule has 1 aromatic rings. The van der Waals surface area contributed by atoms with Crippen molar-refractivity contribution in [1.82, 2.24) is 5.32 Å². The van der Waals surface area contributed by atoms with E-state index in [9.17, 15) is 5.11 Å². The molecule has 1 aromatic carbocycles. The van der Waals surface area contributed by atoms with Gasteiger partial charge in [0, 0.05) is 6.04 Å². The minimum Gasteiger partial charge on any atom is -0.390 e. The highest BCUT2D eigenvalue weighted by Crippen LogP contribution is 2.39. The van der Waals surface area contributed by atoms with Crippen molar-refractivity contribution in [2.45, 2.75) is 63.0 Å². The van der Waals surface area contributed by atoms with E-state index in [1.165, 1.54) is 36.9 Å². The molecule has 0 radical (unpaired) electrons. The van der Waals surface area contributed by atoms with Crippen molar-refractivity contribution < 1.29 is 5.11 Å². The highest BCUT2D eigenvalue weighted by Gasteiger charge is 2.39. The largest absolute Gasteiger partial charge is 0.390 e. The molecule has 1 aliphatic heterocycles. The molecule has 104 valence electrons. The molecule has 3 rings (SSSR count). The Morgan fingerprint density at radius 1 is 1.11 bits per heavy atom. The molecule has 1 saturated heterocycles. The van der Waals surface area contributed by atoms with E-state index >= 15 is 0 Å². The summed E-state index contributed by atoms with van der Waals surface area (Å²) in [6.07, 6.45) is 9.11. The van der Waals surface area contributed by atoms with Gasteiger partial charge in [0.15, 0.2) is 0 Å². The summed E-state index contributed by atoms with van der Waals surface area (Å²) in [5, 5.41) is 13.5. The number of hydrogen-bond donors (Lipinski definition) is 2. The van der Waals surface area contributed by atoms with E-state index in [0.29, 0.717) is 6.04 Å². The zero-order valence-corrected chi connectivity index (χ0v) is 11.7. The van der Waals surface area contributed by atoms with E-state index in [0.717, 1.165) is 32.1 Å². The summed E-state index contributed by atoms with van der Waals surface area (Å²) < 4.78 is 0. The van der Waals surface area contributed by atoms with Crippen molar-refractivity contribution in [2.24, 2.45) is 0 Å². The summed E-state index contributed by atoms with van der Waals surface area (Å²) in [5.41, 5.74) is 2.49. The predicted molar refractivity (Wildman–Crippen MR) is 78.3 cm³/mol. The third kappa shape index (κ3) is 3.80. The van der Waals surface area contributed by atoms with Gasteiger partial charge in [0.1, 0.15) is 0 Å². The molecule has 0 aromatic heterocycles. The van der Waals surface area contributed by atoms with Crippen LogP contribution in [-0.4, -0.2) is 23.3 Å². The Hall–Kier alpha value is -0.860. The second-order valence-corrected chi connectivity index (χ2v) is 6.39. The predicted octanol–water partition coefficient (Wildman–Crippen LogP) is 2.83. The van der Waals surface area contributed by atoms with Crippen molar-refractivity contribution in [2.75, 3.05) is 6.54 Å². The molecule has 1 atom stereocenters. The lowest BCUT2D eigenvalue weighted by molar-refractivity contribution is 0.140. The quantitative estimate of drug-likeness (QED) is 0.852. The van der Waals surface area contributed by atoms with Crippen molar-refractivity contribution >= 4 is 0 Å². The van der Waals surface area contributed by atoms with Gasteiger partial charge < -0.3 is 10.4 Å². The summed E-state index contributed by atoms with van der Waals surface area (Å²) in [7, 11) is 0. The third-order valence-corrected chi connectivity index (χ3v) is 4.62. The molecule has 0 amide bonds. The lowest BCUT2D eigenvalue weighted by atomic mass is 9.96. The molecule has 2 nitrogen and oxygen atoms in total. The van der Waals surface area contributed by atoms with Gasteiger partial charge in [0.2, 0.25) is 0 Å². The molecule has 1 heterocycles. The van der Waals surface area contributed by atoms with Gasteiger partial charge in [-0.25, -0.2) is 0 Å². The number of benzene rings is 1. The number of piperidine rings is 1. The molecule has 2 fully saturated rings. The van der Waals surface area contributed by atoms with Gasteiger partial charge in [0.05, 0.1) is 5.60 Å². The number of aryl methyl sites for hydroxylation is 1. The standard InChI is InChI=1S/C17H25NO/c19-17(10-11-17)9-8-14-4-6-15(7-5-14)13-16-3-1-2-12-18-16/h4-7,16,18-19H,1-3,8-13H2. The van der Waals surface area contributed by atoms with Crippen LogP contribution >= 0.6 is 0 Å². The molecule has 1 aliphatic carbocycles. The topological polar surface area (TPSA) is 32.3 Å². The third-order valence-electron chi connectivity index (χ3n) is 4.62. The SMILES string of the molecule is OC1(CCc2ccc(CC3CCCCN3)cc2)CC1. The van der Waals surface area contributed by atoms with Gasteiger partial charge in [-0.1, -0.05) is 30.7 Å². The average molecular weight is 259 g/mol. The Kier molecular flexibility index (Phi) is 3.90. The fourth-order valence-electron chi connectivity index (χ4n) is 3.00. The van der Waals surface area contributed by atoms with E-state index in [2.05, 4.69) is 29.6 Å². The summed E-state index contributed by atoms with van der Waals surface area (Å²) >= 11 is 0. The first-order valence-electron chi connectivity index (χ1n) is 7.77. The van der Waals surface area contributed by atoms with Gasteiger partial charge in [0.25, 0.3) is 0 Å². The number of aliphatic hydroxyl groups is 1. The Labute approximate surface area is 116 Å². The van der Waals surface area contributed by atoms with Crippen LogP contribution in [0.2, 0.25) is 0 Å². The summed E-state index contributed by atoms with van der Waals surface area (Å²) in [5.74, 6) is 0. The Morgan fingerprint density at radius 3 is 2.47 bits per heavy atom. The monoisotopic (exact) mass is 259 g/mol. The second kappa shape index (κ2) is 5.64. The molecule has 2 N–H and O–H groups in total. The maximum atomic E-state index is 9.85. The molecule has 1 unspecified atom stereocenters. The van der Waals surface area contributed by atoms with Gasteiger partial charge in [-0.2, -0.15) is 0 Å². The van der Waals surface area contributed by atoms with E-state index in [4.69, 9.17) is 0 Å². The Balaban J connectivity index is 1.50. The maximum absolute atomic E-state index is 9.85. The lowest BCUT2D eigenvalue weighted by Gasteiger charge is -2.23. The number of rotatable bonds is 5. The van der Waals surface area contributed by atoms with Gasteiger partial charge in [-0.3, -0.25) is 0 Å². The van der Waals surface area contributed by atoms with Crippen LogP contribution in [0.4, 0.5) is 0 Å². The molecule has 2 heteroatoms. The molecule has 1 saturated carbocycles. The molecule has 0 bridgehead atoms. The molecule has 0 spiro atoms. The Morgan fingerprint density at radius 2 is 1.84 bits per heavy atom. The molecular formula is C17H25NO. The minimum absolute atomic E-state index is 0.315. The van der Waals surface area contributed by atoms with Crippen LogP contribution < -0.4 is 5.32 Å². The van der Waals surface area contributed by atoms with Crippen LogP contribution in [-0.2, 0) is 12.8 Å². The number of nitrogens with one attached hydrogen (secondary N) is 1. The summed E-state index contributed by atoms with van der Waals surface area (Å²) in [6.45, 7) is 1.18. The van der Waals surface area contributed by atoms with E-state index in [1.54, 1.807) is 0 Å². The smallest absolute Gasteiger partial charge is 0.0653 e. The Bertz CT molecular complexity index is 402. The van der Waals surface area contributed by atoms with Crippen LogP contribution in [0.15, 0.2) is 24.3 Å². The van der Waals surface area contributed by atoms with Crippen LogP contribution in [0.25, 0.3) is 0 Å². The van der Waals surface area contributed by atoms with Crippen LogP contribution in [0.5, 0.6) is 0 Å². The zero-order valence-electron chi connectivity index (χ0n) is 11.7. The first-order valence-corrected chi connectivity index (χ1v) is 7.77. The molecule has 2 aliphatic rings. The van der Waals surface area contributed by atoms with Crippen LogP contribution in [0, 0.1) is 0 Å². The lowest BCUT2D eigenvalue weighted by Crippen LogP contribution is -2.35. The van der Waals surface area contributed by atoms with E-state index in [-0.39, 0.29) is 5.60 Å².